The van der Waals surface area contributed by atoms with Crippen molar-refractivity contribution in [2.75, 3.05) is 20.1 Å². The topological polar surface area (TPSA) is 32.3 Å². The van der Waals surface area contributed by atoms with Gasteiger partial charge in [0.15, 0.2) is 0 Å². The zero-order valence-electron chi connectivity index (χ0n) is 5.92. The SMILES string of the molecule is C#CC(=O)N1CC(NC)C1. The number of carbonyl (C=O) groups is 1. The third-order valence-corrected chi connectivity index (χ3v) is 1.70. The van der Waals surface area contributed by atoms with Gasteiger partial charge in [-0.15, -0.1) is 6.42 Å². The molecule has 54 valence electrons. The number of rotatable bonds is 1. The van der Waals surface area contributed by atoms with E-state index in [9.17, 15) is 4.79 Å². The highest BCUT2D eigenvalue weighted by Crippen LogP contribution is 2.05. The minimum Gasteiger partial charge on any atom is -0.329 e. The van der Waals surface area contributed by atoms with Gasteiger partial charge >= 0.3 is 0 Å². The molecule has 1 heterocycles. The summed E-state index contributed by atoms with van der Waals surface area (Å²) in [6.07, 6.45) is 4.91. The van der Waals surface area contributed by atoms with Gasteiger partial charge in [-0.05, 0) is 13.0 Å². The molecule has 3 heteroatoms. The molecule has 3 nitrogen and oxygen atoms in total. The van der Waals surface area contributed by atoms with Crippen LogP contribution in [0, 0.1) is 12.3 Å². The molecule has 1 rings (SSSR count). The number of hydrogen-bond acceptors (Lipinski definition) is 2. The molecule has 0 aromatic heterocycles. The first-order valence-electron chi connectivity index (χ1n) is 3.20. The zero-order chi connectivity index (χ0) is 7.56. The first kappa shape index (κ1) is 7.10. The second-order valence-corrected chi connectivity index (χ2v) is 2.34. The van der Waals surface area contributed by atoms with Gasteiger partial charge in [-0.2, -0.15) is 0 Å². The molecule has 1 amide bonds. The molecular weight excluding hydrogens is 128 g/mol. The van der Waals surface area contributed by atoms with E-state index in [-0.39, 0.29) is 5.91 Å². The highest BCUT2D eigenvalue weighted by atomic mass is 16.2. The predicted octanol–water partition coefficient (Wildman–Crippen LogP) is -0.950. The highest BCUT2D eigenvalue weighted by molar-refractivity contribution is 5.93. The Labute approximate surface area is 60.4 Å². The summed E-state index contributed by atoms with van der Waals surface area (Å²) in [5.41, 5.74) is 0. The minimum atomic E-state index is -0.202. The molecule has 1 N–H and O–H groups in total. The molecule has 0 unspecified atom stereocenters. The van der Waals surface area contributed by atoms with Crippen LogP contribution in [0.2, 0.25) is 0 Å². The van der Waals surface area contributed by atoms with Crippen LogP contribution in [0.4, 0.5) is 0 Å². The Morgan fingerprint density at radius 1 is 1.80 bits per heavy atom. The number of hydrogen-bond donors (Lipinski definition) is 1. The monoisotopic (exact) mass is 138 g/mol. The Hall–Kier alpha value is -1.01. The first-order chi connectivity index (χ1) is 4.77. The highest BCUT2D eigenvalue weighted by Gasteiger charge is 2.27. The molecule has 1 saturated heterocycles. The second-order valence-electron chi connectivity index (χ2n) is 2.34. The van der Waals surface area contributed by atoms with E-state index in [1.54, 1.807) is 4.90 Å². The molecular formula is C7H10N2O. The number of likely N-dealkylation sites (tertiary alicyclic amines) is 1. The molecule has 10 heavy (non-hydrogen) atoms. The number of nitrogens with zero attached hydrogens (tertiary/aromatic N) is 1. The molecule has 1 fully saturated rings. The molecule has 1 aliphatic rings. The Morgan fingerprint density at radius 2 is 2.40 bits per heavy atom. The van der Waals surface area contributed by atoms with Gasteiger partial charge in [-0.25, -0.2) is 0 Å². The van der Waals surface area contributed by atoms with Crippen molar-refractivity contribution >= 4 is 5.91 Å². The average Bonchev–Trinajstić information content (AvgIpc) is 1.85. The lowest BCUT2D eigenvalue weighted by atomic mass is 10.1. The third-order valence-electron chi connectivity index (χ3n) is 1.70. The summed E-state index contributed by atoms with van der Waals surface area (Å²) in [6.45, 7) is 1.50. The summed E-state index contributed by atoms with van der Waals surface area (Å²) in [6, 6.07) is 0.442. The Balaban J connectivity index is 2.27. The number of terminal acetylenes is 1. The lowest BCUT2D eigenvalue weighted by Crippen LogP contribution is -2.58. The van der Waals surface area contributed by atoms with Gasteiger partial charge in [0.25, 0.3) is 5.91 Å². The van der Waals surface area contributed by atoms with Gasteiger partial charge in [0.1, 0.15) is 0 Å². The number of carbonyl (C=O) groups excluding carboxylic acids is 1. The van der Waals surface area contributed by atoms with E-state index in [0.717, 1.165) is 13.1 Å². The average molecular weight is 138 g/mol. The molecule has 0 radical (unpaired) electrons. The van der Waals surface area contributed by atoms with Crippen LogP contribution in [-0.4, -0.2) is 37.0 Å². The van der Waals surface area contributed by atoms with Crippen molar-refractivity contribution in [3.63, 3.8) is 0 Å². The van der Waals surface area contributed by atoms with Crippen LogP contribution in [-0.2, 0) is 4.79 Å². The van der Waals surface area contributed by atoms with Crippen molar-refractivity contribution in [3.8, 4) is 12.3 Å². The van der Waals surface area contributed by atoms with Gasteiger partial charge in [-0.3, -0.25) is 4.79 Å². The minimum absolute atomic E-state index is 0.202. The van der Waals surface area contributed by atoms with Crippen molar-refractivity contribution < 1.29 is 4.79 Å². The van der Waals surface area contributed by atoms with E-state index in [1.165, 1.54) is 0 Å². The molecule has 0 aromatic rings. The van der Waals surface area contributed by atoms with Crippen molar-refractivity contribution in [3.05, 3.63) is 0 Å². The Bertz CT molecular complexity index is 177. The molecule has 0 spiro atoms. The van der Waals surface area contributed by atoms with E-state index in [0.29, 0.717) is 6.04 Å². The van der Waals surface area contributed by atoms with E-state index in [2.05, 4.69) is 11.2 Å². The Kier molecular flexibility index (Phi) is 1.93. The van der Waals surface area contributed by atoms with Crippen LogP contribution in [0.25, 0.3) is 0 Å². The van der Waals surface area contributed by atoms with Gasteiger partial charge in [0, 0.05) is 19.1 Å². The van der Waals surface area contributed by atoms with Gasteiger partial charge in [-0.1, -0.05) is 0 Å². The van der Waals surface area contributed by atoms with Crippen molar-refractivity contribution in [2.24, 2.45) is 0 Å². The molecule has 0 saturated carbocycles. The van der Waals surface area contributed by atoms with Gasteiger partial charge in [0.2, 0.25) is 0 Å². The van der Waals surface area contributed by atoms with Crippen molar-refractivity contribution in [2.45, 2.75) is 6.04 Å². The maximum Gasteiger partial charge on any atom is 0.298 e. The van der Waals surface area contributed by atoms with Gasteiger partial charge < -0.3 is 10.2 Å². The van der Waals surface area contributed by atoms with Crippen LogP contribution in [0.3, 0.4) is 0 Å². The number of amides is 1. The second kappa shape index (κ2) is 2.72. The van der Waals surface area contributed by atoms with Crippen molar-refractivity contribution in [1.29, 1.82) is 0 Å². The third kappa shape index (κ3) is 1.12. The molecule has 0 aliphatic carbocycles. The number of nitrogens with one attached hydrogen (secondary N) is 1. The van der Waals surface area contributed by atoms with Crippen LogP contribution in [0.5, 0.6) is 0 Å². The van der Waals surface area contributed by atoms with Gasteiger partial charge in [0.05, 0.1) is 0 Å². The number of likely N-dealkylation sites (N-methyl/N-ethyl adjacent to an activating group) is 1. The molecule has 0 aromatic carbocycles. The summed E-state index contributed by atoms with van der Waals surface area (Å²) in [5, 5.41) is 3.05. The molecule has 0 bridgehead atoms. The summed E-state index contributed by atoms with van der Waals surface area (Å²) >= 11 is 0. The fraction of sp³-hybridized carbons (Fsp3) is 0.571. The van der Waals surface area contributed by atoms with E-state index < -0.39 is 0 Å². The maximum atomic E-state index is 10.7. The van der Waals surface area contributed by atoms with E-state index >= 15 is 0 Å². The molecule has 0 atom stereocenters. The lowest BCUT2D eigenvalue weighted by molar-refractivity contribution is -0.129. The standard InChI is InChI=1S/C7H10N2O/c1-3-7(10)9-4-6(5-9)8-2/h1,6,8H,4-5H2,2H3. The lowest BCUT2D eigenvalue weighted by Gasteiger charge is -2.37. The smallest absolute Gasteiger partial charge is 0.298 e. The van der Waals surface area contributed by atoms with Crippen LogP contribution >= 0.6 is 0 Å². The predicted molar refractivity (Wildman–Crippen MR) is 38.3 cm³/mol. The fourth-order valence-corrected chi connectivity index (χ4v) is 0.918. The maximum absolute atomic E-state index is 10.7. The Morgan fingerprint density at radius 3 is 2.80 bits per heavy atom. The molecule has 1 aliphatic heterocycles. The quantitative estimate of drug-likeness (QED) is 0.474. The summed E-state index contributed by atoms with van der Waals surface area (Å²) in [7, 11) is 1.88. The summed E-state index contributed by atoms with van der Waals surface area (Å²) in [5.74, 6) is 1.87. The zero-order valence-corrected chi connectivity index (χ0v) is 5.92. The first-order valence-corrected chi connectivity index (χ1v) is 3.20. The normalized spacial score (nSPS) is 17.8. The van der Waals surface area contributed by atoms with Crippen LogP contribution in [0.1, 0.15) is 0 Å². The van der Waals surface area contributed by atoms with E-state index in [1.807, 2.05) is 7.05 Å². The van der Waals surface area contributed by atoms with Crippen molar-refractivity contribution in [1.82, 2.24) is 10.2 Å². The summed E-state index contributed by atoms with van der Waals surface area (Å²) in [4.78, 5) is 12.4. The largest absolute Gasteiger partial charge is 0.329 e. The fourth-order valence-electron chi connectivity index (χ4n) is 0.918. The van der Waals surface area contributed by atoms with Crippen LogP contribution in [0.15, 0.2) is 0 Å². The summed E-state index contributed by atoms with van der Waals surface area (Å²) < 4.78 is 0. The van der Waals surface area contributed by atoms with Crippen LogP contribution < -0.4 is 5.32 Å². The van der Waals surface area contributed by atoms with E-state index in [4.69, 9.17) is 6.42 Å².